The summed E-state index contributed by atoms with van der Waals surface area (Å²) >= 11 is 0. The molecule has 1 amide bonds. The van der Waals surface area contributed by atoms with Gasteiger partial charge in [-0.25, -0.2) is 15.0 Å². The summed E-state index contributed by atoms with van der Waals surface area (Å²) in [5, 5.41) is 27.1. The molecule has 1 aromatic carbocycles. The smallest absolute Gasteiger partial charge is 0.276 e. The molecule has 6 rings (SSSR count). The number of rotatable bonds is 11. The van der Waals surface area contributed by atoms with Crippen LogP contribution in [0.1, 0.15) is 60.1 Å². The number of hydrogen-bond acceptors (Lipinski definition) is 9. The molecule has 0 aliphatic heterocycles. The maximum Gasteiger partial charge on any atom is 0.276 e. The van der Waals surface area contributed by atoms with Crippen molar-refractivity contribution in [3.63, 3.8) is 0 Å². The predicted molar refractivity (Wildman–Crippen MR) is 159 cm³/mol. The van der Waals surface area contributed by atoms with Crippen molar-refractivity contribution in [3.05, 3.63) is 71.7 Å². The van der Waals surface area contributed by atoms with Crippen molar-refractivity contribution in [3.8, 4) is 22.6 Å². The average molecular weight is 551 g/mol. The van der Waals surface area contributed by atoms with Crippen molar-refractivity contribution in [2.45, 2.75) is 51.5 Å². The summed E-state index contributed by atoms with van der Waals surface area (Å²) in [5.41, 5.74) is 5.35. The molecule has 2 aliphatic rings. The number of nitrogens with one attached hydrogen (secondary N) is 3. The molecule has 3 heterocycles. The van der Waals surface area contributed by atoms with E-state index < -0.39 is 0 Å². The highest BCUT2D eigenvalue weighted by Gasteiger charge is 2.28. The highest BCUT2D eigenvalue weighted by atomic mass is 16.3. The van der Waals surface area contributed by atoms with Gasteiger partial charge in [-0.1, -0.05) is 6.07 Å². The molecule has 0 spiro atoms. The molecule has 2 aliphatic carbocycles. The monoisotopic (exact) mass is 550 g/mol. The third-order valence-corrected chi connectivity index (χ3v) is 7.60. The number of carbonyl (C=O) groups is 1. The first kappa shape index (κ1) is 26.8. The molecule has 0 radical (unpaired) electrons. The van der Waals surface area contributed by atoms with Crippen molar-refractivity contribution in [2.24, 2.45) is 5.92 Å². The number of nitrogens with zero attached hydrogens (tertiary/aromatic N) is 5. The van der Waals surface area contributed by atoms with Crippen molar-refractivity contribution in [2.75, 3.05) is 29.1 Å². The number of amides is 1. The zero-order valence-corrected chi connectivity index (χ0v) is 23.3. The van der Waals surface area contributed by atoms with Gasteiger partial charge in [0, 0.05) is 41.7 Å². The minimum atomic E-state index is -0.305. The second-order valence-electron chi connectivity index (χ2n) is 10.9. The lowest BCUT2D eigenvalue weighted by molar-refractivity contribution is 0.102. The van der Waals surface area contributed by atoms with Gasteiger partial charge < -0.3 is 21.1 Å². The number of benzene rings is 1. The fourth-order valence-corrected chi connectivity index (χ4v) is 4.89. The van der Waals surface area contributed by atoms with Gasteiger partial charge in [0.05, 0.1) is 18.5 Å². The molecule has 2 saturated carbocycles. The Morgan fingerprint density at radius 1 is 1.05 bits per heavy atom. The van der Waals surface area contributed by atoms with Gasteiger partial charge in [0.2, 0.25) is 0 Å². The molecule has 0 saturated heterocycles. The number of aliphatic hydroxyl groups excluding tert-OH is 1. The highest BCUT2D eigenvalue weighted by molar-refractivity contribution is 6.03. The summed E-state index contributed by atoms with van der Waals surface area (Å²) in [4.78, 5) is 27.2. The normalized spacial score (nSPS) is 15.3. The lowest BCUT2D eigenvalue weighted by Gasteiger charge is -2.15. The maximum absolute atomic E-state index is 13.0. The molecular formula is C31H34N8O2. The van der Waals surface area contributed by atoms with Gasteiger partial charge in [0.1, 0.15) is 11.6 Å². The first-order chi connectivity index (χ1) is 20.0. The minimum Gasteiger partial charge on any atom is -0.395 e. The van der Waals surface area contributed by atoms with E-state index in [1.165, 1.54) is 12.8 Å². The summed E-state index contributed by atoms with van der Waals surface area (Å²) in [6.07, 6.45) is 8.25. The molecule has 1 unspecified atom stereocenters. The van der Waals surface area contributed by atoms with Crippen LogP contribution in [0.2, 0.25) is 0 Å². The van der Waals surface area contributed by atoms with Crippen LogP contribution in [0.4, 0.5) is 17.3 Å². The van der Waals surface area contributed by atoms with E-state index in [2.05, 4.69) is 38.1 Å². The molecule has 10 nitrogen and oxygen atoms in total. The number of aromatic nitrogens is 5. The summed E-state index contributed by atoms with van der Waals surface area (Å²) in [7, 11) is 0. The largest absolute Gasteiger partial charge is 0.395 e. The van der Waals surface area contributed by atoms with E-state index in [1.807, 2.05) is 49.4 Å². The SMILES string of the molecule is Cc1ccc(NC(=O)c2cc(C3CC3)cnn2)cc1-c1cc(NCCO)nc(-c2ccnc(NC(C)C3CC3)c2)n1. The van der Waals surface area contributed by atoms with Crippen molar-refractivity contribution in [1.82, 2.24) is 25.1 Å². The van der Waals surface area contributed by atoms with Gasteiger partial charge in [0.15, 0.2) is 11.5 Å². The van der Waals surface area contributed by atoms with Gasteiger partial charge in [-0.2, -0.15) is 5.10 Å². The van der Waals surface area contributed by atoms with Crippen LogP contribution in [-0.2, 0) is 0 Å². The molecule has 210 valence electrons. The van der Waals surface area contributed by atoms with Crippen LogP contribution in [-0.4, -0.2) is 55.4 Å². The van der Waals surface area contributed by atoms with E-state index in [9.17, 15) is 9.90 Å². The Kier molecular flexibility index (Phi) is 7.56. The second kappa shape index (κ2) is 11.6. The van der Waals surface area contributed by atoms with Crippen LogP contribution in [0.25, 0.3) is 22.6 Å². The van der Waals surface area contributed by atoms with Gasteiger partial charge in [-0.15, -0.1) is 5.10 Å². The summed E-state index contributed by atoms with van der Waals surface area (Å²) < 4.78 is 0. The molecule has 10 heteroatoms. The number of anilines is 3. The predicted octanol–water partition coefficient (Wildman–Crippen LogP) is 5.05. The molecule has 1 atom stereocenters. The molecule has 2 fully saturated rings. The quantitative estimate of drug-likeness (QED) is 0.202. The van der Waals surface area contributed by atoms with E-state index in [0.717, 1.165) is 40.9 Å². The van der Waals surface area contributed by atoms with Gasteiger partial charge >= 0.3 is 0 Å². The Hall–Kier alpha value is -4.44. The van der Waals surface area contributed by atoms with E-state index in [1.54, 1.807) is 12.4 Å². The molecule has 0 bridgehead atoms. The van der Waals surface area contributed by atoms with E-state index in [-0.39, 0.29) is 12.5 Å². The van der Waals surface area contributed by atoms with Crippen molar-refractivity contribution in [1.29, 1.82) is 0 Å². The van der Waals surface area contributed by atoms with Crippen LogP contribution >= 0.6 is 0 Å². The number of carbonyl (C=O) groups excluding carboxylic acids is 1. The van der Waals surface area contributed by atoms with Crippen molar-refractivity contribution >= 4 is 23.2 Å². The Morgan fingerprint density at radius 2 is 1.90 bits per heavy atom. The lowest BCUT2D eigenvalue weighted by atomic mass is 10.0. The Bertz CT molecular complexity index is 1570. The van der Waals surface area contributed by atoms with Crippen LogP contribution in [0.3, 0.4) is 0 Å². The summed E-state index contributed by atoms with van der Waals surface area (Å²) in [6, 6.07) is 13.6. The third-order valence-electron chi connectivity index (χ3n) is 7.60. The molecule has 4 N–H and O–H groups in total. The first-order valence-electron chi connectivity index (χ1n) is 14.2. The standard InChI is InChI=1S/C31H34N8O2/c1-18-3-8-24(36-31(41)27-13-23(17-34-39-27)21-6-7-21)15-25(18)26-16-29(33-11-12-40)38-30(37-26)22-9-10-32-28(14-22)35-19(2)20-4-5-20/h3,8-10,13-17,19-21,40H,4-7,11-12H2,1-2H3,(H,32,35)(H,36,41)(H,33,37,38). The lowest BCUT2D eigenvalue weighted by Crippen LogP contribution is -2.18. The van der Waals surface area contributed by atoms with Gasteiger partial charge in [-0.05, 0) is 92.8 Å². The fraction of sp³-hybridized carbons (Fsp3) is 0.355. The fourth-order valence-electron chi connectivity index (χ4n) is 4.89. The molecule has 41 heavy (non-hydrogen) atoms. The maximum atomic E-state index is 13.0. The number of aliphatic hydroxyl groups is 1. The van der Waals surface area contributed by atoms with E-state index >= 15 is 0 Å². The van der Waals surface area contributed by atoms with Crippen LogP contribution in [0, 0.1) is 12.8 Å². The number of hydrogen-bond donors (Lipinski definition) is 4. The van der Waals surface area contributed by atoms with Gasteiger partial charge in [-0.3, -0.25) is 4.79 Å². The van der Waals surface area contributed by atoms with Crippen LogP contribution in [0.15, 0.2) is 54.9 Å². The van der Waals surface area contributed by atoms with E-state index in [0.29, 0.717) is 53.1 Å². The zero-order valence-electron chi connectivity index (χ0n) is 23.3. The molecular weight excluding hydrogens is 516 g/mol. The highest BCUT2D eigenvalue weighted by Crippen LogP contribution is 2.39. The number of pyridine rings is 1. The first-order valence-corrected chi connectivity index (χ1v) is 14.2. The topological polar surface area (TPSA) is 138 Å². The van der Waals surface area contributed by atoms with Crippen LogP contribution in [0.5, 0.6) is 0 Å². The second-order valence-corrected chi connectivity index (χ2v) is 10.9. The van der Waals surface area contributed by atoms with E-state index in [4.69, 9.17) is 9.97 Å². The zero-order chi connectivity index (χ0) is 28.3. The average Bonchev–Trinajstić information content (AvgIpc) is 3.90. The summed E-state index contributed by atoms with van der Waals surface area (Å²) in [6.45, 7) is 4.52. The Labute approximate surface area is 239 Å². The van der Waals surface area contributed by atoms with Gasteiger partial charge in [0.25, 0.3) is 5.91 Å². The number of aryl methyl sites for hydroxylation is 1. The Balaban J connectivity index is 1.30. The molecule has 4 aromatic rings. The minimum absolute atomic E-state index is 0.0254. The summed E-state index contributed by atoms with van der Waals surface area (Å²) in [5.74, 6) is 2.79. The van der Waals surface area contributed by atoms with Crippen molar-refractivity contribution < 1.29 is 9.90 Å². The molecule has 3 aromatic heterocycles. The Morgan fingerprint density at radius 3 is 2.68 bits per heavy atom. The third kappa shape index (κ3) is 6.49. The van der Waals surface area contributed by atoms with Crippen LogP contribution < -0.4 is 16.0 Å².